The fourth-order valence-corrected chi connectivity index (χ4v) is 22.4. The van der Waals surface area contributed by atoms with E-state index in [1.54, 1.807) is 44.5 Å². The third kappa shape index (κ3) is 8.27. The van der Waals surface area contributed by atoms with Crippen molar-refractivity contribution in [2.24, 2.45) is 0 Å². The summed E-state index contributed by atoms with van der Waals surface area (Å²) in [6.45, 7) is 30.3. The van der Waals surface area contributed by atoms with Crippen molar-refractivity contribution >= 4 is 22.6 Å². The van der Waals surface area contributed by atoms with Gasteiger partial charge in [0.15, 0.2) is 0 Å². The zero-order valence-electron chi connectivity index (χ0n) is 32.1. The van der Waals surface area contributed by atoms with Gasteiger partial charge >= 0.3 is 297 Å². The molecule has 2 aromatic rings. The second-order valence-electron chi connectivity index (χ2n) is 17.0. The number of rotatable bonds is 16. The molecule has 0 saturated carbocycles. The summed E-state index contributed by atoms with van der Waals surface area (Å²) in [6.07, 6.45) is 23.0. The summed E-state index contributed by atoms with van der Waals surface area (Å²) < 4.78 is 5.77. The van der Waals surface area contributed by atoms with Crippen LogP contribution in [0.5, 0.6) is 0 Å². The first-order valence-corrected chi connectivity index (χ1v) is 30.0. The maximum absolute atomic E-state index is 2.78. The molecule has 0 N–H and O–H groups in total. The van der Waals surface area contributed by atoms with Crippen molar-refractivity contribution < 1.29 is 21.3 Å². The van der Waals surface area contributed by atoms with E-state index in [4.69, 9.17) is 0 Å². The van der Waals surface area contributed by atoms with E-state index >= 15 is 0 Å². The molecule has 0 radical (unpaired) electrons. The van der Waals surface area contributed by atoms with Gasteiger partial charge in [0, 0.05) is 0 Å². The Kier molecular flexibility index (Phi) is 13.4. The zero-order valence-corrected chi connectivity index (χ0v) is 36.6. The van der Waals surface area contributed by atoms with Crippen LogP contribution in [0.3, 0.4) is 0 Å². The van der Waals surface area contributed by atoms with Gasteiger partial charge in [-0.15, -0.1) is 0 Å². The molecule has 0 aliphatic heterocycles. The first-order chi connectivity index (χ1) is 21.8. The summed E-state index contributed by atoms with van der Waals surface area (Å²) >= 11 is -2.35. The number of allylic oxidation sites excluding steroid dienone is 4. The first-order valence-electron chi connectivity index (χ1n) is 19.2. The molecule has 2 unspecified atom stereocenters. The molecule has 0 spiro atoms. The SMILES string of the molecule is CCCC[C](CCCC)=[Zr]([C]1=CC=CC1)[c]1c(C)c(C(CCC)[Si](C)(C)C)cc2c1Cc1cc(C)c(C(CCC)[Si](C)(C)C)cc1-2. The monoisotopic (exact) mass is 730 g/mol. The standard InChI is InChI=1S/C29H45Si2.C9H18.C5H5.Zr/c1-11-13-28(30(5,6)7)24-18-26-22(15-20(24)3)17-23-16-21(4)25(19-27(23)26)29(14-12-2)31(8,9)10;1-3-5-7-9-8-6-4-2;1-2-4-5-3-1;/h15,18-19,28-29H,11-14,17H2,1-10H3;3-8H2,1-2H3;1-3H,4H2;. The number of benzene rings is 2. The van der Waals surface area contributed by atoms with E-state index in [9.17, 15) is 0 Å². The van der Waals surface area contributed by atoms with Crippen molar-refractivity contribution in [1.29, 1.82) is 0 Å². The Balaban J connectivity index is 2.11. The van der Waals surface area contributed by atoms with Gasteiger partial charge in [0.1, 0.15) is 0 Å². The minimum atomic E-state index is -2.35. The van der Waals surface area contributed by atoms with E-state index in [0.29, 0.717) is 0 Å². The molecule has 2 aliphatic carbocycles. The van der Waals surface area contributed by atoms with Crippen LogP contribution in [-0.4, -0.2) is 19.4 Å². The zero-order chi connectivity index (χ0) is 33.8. The molecule has 2 atom stereocenters. The van der Waals surface area contributed by atoms with Crippen LogP contribution in [-0.2, 0) is 27.7 Å². The second kappa shape index (κ2) is 16.2. The Morgan fingerprint density at radius 1 is 0.739 bits per heavy atom. The molecular weight excluding hydrogens is 664 g/mol. The Labute approximate surface area is 295 Å². The fraction of sp³-hybridized carbons (Fsp3) is 0.605. The van der Waals surface area contributed by atoms with Crippen molar-refractivity contribution in [2.45, 2.75) is 169 Å². The van der Waals surface area contributed by atoms with E-state index < -0.39 is 37.4 Å². The Hall–Kier alpha value is -0.893. The topological polar surface area (TPSA) is 0 Å². The molecule has 2 aromatic carbocycles. The van der Waals surface area contributed by atoms with Crippen molar-refractivity contribution in [3.05, 3.63) is 73.1 Å². The van der Waals surface area contributed by atoms with Crippen LogP contribution in [0, 0.1) is 13.8 Å². The van der Waals surface area contributed by atoms with Gasteiger partial charge < -0.3 is 0 Å². The number of unbranched alkanes of at least 4 members (excludes halogenated alkanes) is 2. The van der Waals surface area contributed by atoms with E-state index in [-0.39, 0.29) is 0 Å². The third-order valence-electron chi connectivity index (χ3n) is 11.2. The molecule has 0 amide bonds. The molecule has 0 fully saturated rings. The van der Waals surface area contributed by atoms with Crippen LogP contribution in [0.15, 0.2) is 39.7 Å². The maximum atomic E-state index is 2.78. The first kappa shape index (κ1) is 37.9. The van der Waals surface area contributed by atoms with Crippen LogP contribution in [0.1, 0.15) is 143 Å². The third-order valence-corrected chi connectivity index (χ3v) is 25.0. The van der Waals surface area contributed by atoms with Gasteiger partial charge in [-0.05, 0) is 0 Å². The van der Waals surface area contributed by atoms with Crippen molar-refractivity contribution in [3.8, 4) is 11.1 Å². The average molecular weight is 732 g/mol. The molecule has 252 valence electrons. The number of hydrogen-bond acceptors (Lipinski definition) is 0. The van der Waals surface area contributed by atoms with Crippen molar-refractivity contribution in [3.63, 3.8) is 0 Å². The number of aryl methyl sites for hydroxylation is 1. The average Bonchev–Trinajstić information content (AvgIpc) is 3.63. The van der Waals surface area contributed by atoms with Gasteiger partial charge in [-0.1, -0.05) is 0 Å². The fourth-order valence-electron chi connectivity index (χ4n) is 8.77. The van der Waals surface area contributed by atoms with Crippen LogP contribution in [0.2, 0.25) is 39.3 Å². The normalized spacial score (nSPS) is 15.5. The van der Waals surface area contributed by atoms with Gasteiger partial charge in [0.25, 0.3) is 0 Å². The summed E-state index contributed by atoms with van der Waals surface area (Å²) in [5.74, 6) is 0. The molecule has 0 bridgehead atoms. The van der Waals surface area contributed by atoms with Crippen LogP contribution < -0.4 is 3.27 Å². The van der Waals surface area contributed by atoms with Gasteiger partial charge in [0.2, 0.25) is 0 Å². The molecular formula is C43H68Si2Zr. The van der Waals surface area contributed by atoms with Gasteiger partial charge in [-0.3, -0.25) is 0 Å². The Morgan fingerprint density at radius 3 is 1.80 bits per heavy atom. The molecule has 46 heavy (non-hydrogen) atoms. The van der Waals surface area contributed by atoms with E-state index in [2.05, 4.69) is 117 Å². The molecule has 3 heteroatoms. The molecule has 0 aromatic heterocycles. The summed E-state index contributed by atoms with van der Waals surface area (Å²) in [5.41, 5.74) is 14.8. The Bertz CT molecular complexity index is 1460. The molecule has 0 saturated heterocycles. The van der Waals surface area contributed by atoms with Crippen LogP contribution in [0.25, 0.3) is 11.1 Å². The van der Waals surface area contributed by atoms with Crippen LogP contribution in [0.4, 0.5) is 0 Å². The molecule has 4 rings (SSSR count). The Morgan fingerprint density at radius 2 is 1.30 bits per heavy atom. The van der Waals surface area contributed by atoms with Gasteiger partial charge in [0.05, 0.1) is 0 Å². The second-order valence-corrected chi connectivity index (χ2v) is 34.2. The summed E-state index contributed by atoms with van der Waals surface area (Å²) in [7, 11) is -2.81. The molecule has 0 nitrogen and oxygen atoms in total. The van der Waals surface area contributed by atoms with Crippen molar-refractivity contribution in [1.82, 2.24) is 0 Å². The van der Waals surface area contributed by atoms with Gasteiger partial charge in [-0.25, -0.2) is 0 Å². The molecule has 0 heterocycles. The van der Waals surface area contributed by atoms with E-state index in [1.165, 1.54) is 70.6 Å². The molecule has 2 aliphatic rings. The quantitative estimate of drug-likeness (QED) is 0.129. The predicted octanol–water partition coefficient (Wildman–Crippen LogP) is 13.0. The number of fused-ring (bicyclic) bond motifs is 3. The van der Waals surface area contributed by atoms with Crippen molar-refractivity contribution in [2.75, 3.05) is 0 Å². The van der Waals surface area contributed by atoms with Gasteiger partial charge in [-0.2, -0.15) is 0 Å². The summed E-state index contributed by atoms with van der Waals surface area (Å²) in [5, 5.41) is 0. The summed E-state index contributed by atoms with van der Waals surface area (Å²) in [6, 6.07) is 8.16. The minimum absolute atomic E-state index is 0.723. The van der Waals surface area contributed by atoms with Crippen LogP contribution >= 0.6 is 0 Å². The van der Waals surface area contributed by atoms with E-state index in [1.807, 2.05) is 9.76 Å². The predicted molar refractivity (Wildman–Crippen MR) is 212 cm³/mol. The summed E-state index contributed by atoms with van der Waals surface area (Å²) in [4.78, 5) is 0. The number of hydrogen-bond donors (Lipinski definition) is 0. The van der Waals surface area contributed by atoms with E-state index in [0.717, 1.165) is 17.5 Å².